The molecule has 5 heteroatoms. The third-order valence-corrected chi connectivity index (χ3v) is 5.27. The van der Waals surface area contributed by atoms with Crippen LogP contribution < -0.4 is 15.7 Å². The van der Waals surface area contributed by atoms with Crippen molar-refractivity contribution in [2.24, 2.45) is 0 Å². The Morgan fingerprint density at radius 1 is 1.14 bits per heavy atom. The maximum Gasteiger partial charge on any atom is 0.336 e. The number of rotatable bonds is 7. The number of likely N-dealkylation sites (N-methyl/N-ethyl adjacent to an activating group) is 1. The zero-order valence-electron chi connectivity index (χ0n) is 17.2. The first-order valence-corrected chi connectivity index (χ1v) is 9.44. The van der Waals surface area contributed by atoms with Crippen LogP contribution in [0, 0.1) is 13.8 Å². The number of aryl methyl sites for hydroxylation is 2. The third-order valence-electron chi connectivity index (χ3n) is 5.27. The minimum Gasteiger partial charge on any atom is -0.497 e. The largest absolute Gasteiger partial charge is 0.497 e. The maximum absolute atomic E-state index is 12.0. The highest BCUT2D eigenvalue weighted by molar-refractivity contribution is 5.83. The summed E-state index contributed by atoms with van der Waals surface area (Å²) in [6.07, 6.45) is 0. The first kappa shape index (κ1) is 20.1. The Bertz CT molecular complexity index is 1020. The molecule has 1 atom stereocenters. The van der Waals surface area contributed by atoms with Crippen molar-refractivity contribution in [3.8, 4) is 5.75 Å². The predicted molar refractivity (Wildman–Crippen MR) is 113 cm³/mol. The third kappa shape index (κ3) is 4.26. The van der Waals surface area contributed by atoms with Gasteiger partial charge in [-0.05, 0) is 62.3 Å². The average molecular weight is 380 g/mol. The molecule has 0 aliphatic rings. The summed E-state index contributed by atoms with van der Waals surface area (Å²) >= 11 is 0. The highest BCUT2D eigenvalue weighted by Gasteiger charge is 2.15. The van der Waals surface area contributed by atoms with E-state index in [1.807, 2.05) is 32.0 Å². The van der Waals surface area contributed by atoms with Crippen LogP contribution in [0.2, 0.25) is 0 Å². The Balaban J connectivity index is 1.81. The van der Waals surface area contributed by atoms with E-state index in [0.717, 1.165) is 34.4 Å². The number of hydrogen-bond acceptors (Lipinski definition) is 5. The second kappa shape index (κ2) is 8.59. The second-order valence-corrected chi connectivity index (χ2v) is 7.36. The Labute approximate surface area is 165 Å². The van der Waals surface area contributed by atoms with Crippen LogP contribution in [0.3, 0.4) is 0 Å². The van der Waals surface area contributed by atoms with Gasteiger partial charge in [0.25, 0.3) is 0 Å². The molecule has 0 aliphatic heterocycles. The number of fused-ring (bicyclic) bond motifs is 1. The van der Waals surface area contributed by atoms with E-state index >= 15 is 0 Å². The van der Waals surface area contributed by atoms with Crippen LogP contribution in [-0.4, -0.2) is 32.6 Å². The van der Waals surface area contributed by atoms with E-state index < -0.39 is 0 Å². The van der Waals surface area contributed by atoms with Crippen LogP contribution in [0.1, 0.15) is 28.3 Å². The molecule has 0 saturated carbocycles. The first-order valence-electron chi connectivity index (χ1n) is 9.44. The van der Waals surface area contributed by atoms with Crippen LogP contribution in [-0.2, 0) is 6.54 Å². The molecule has 1 aromatic heterocycles. The quantitative estimate of drug-likeness (QED) is 0.632. The molecule has 148 valence electrons. The lowest BCUT2D eigenvalue weighted by atomic mass is 10.0. The molecule has 5 nitrogen and oxygen atoms in total. The molecule has 3 aromatic rings. The molecule has 0 amide bonds. The van der Waals surface area contributed by atoms with Gasteiger partial charge in [-0.15, -0.1) is 0 Å². The van der Waals surface area contributed by atoms with Crippen LogP contribution in [0.15, 0.2) is 51.7 Å². The molecule has 28 heavy (non-hydrogen) atoms. The van der Waals surface area contributed by atoms with Crippen LogP contribution in [0.25, 0.3) is 11.0 Å². The van der Waals surface area contributed by atoms with Crippen LogP contribution in [0.4, 0.5) is 0 Å². The number of hydrogen-bond donors (Lipinski definition) is 1. The van der Waals surface area contributed by atoms with Crippen molar-refractivity contribution >= 4 is 11.0 Å². The molecule has 3 rings (SSSR count). The Morgan fingerprint density at radius 3 is 2.64 bits per heavy atom. The summed E-state index contributed by atoms with van der Waals surface area (Å²) < 4.78 is 10.8. The highest BCUT2D eigenvalue weighted by atomic mass is 16.5. The van der Waals surface area contributed by atoms with Gasteiger partial charge in [0.05, 0.1) is 7.11 Å². The van der Waals surface area contributed by atoms with Crippen molar-refractivity contribution in [3.05, 3.63) is 75.1 Å². The zero-order valence-corrected chi connectivity index (χ0v) is 17.2. The number of methoxy groups -OCH3 is 1. The molecule has 0 aliphatic carbocycles. The summed E-state index contributed by atoms with van der Waals surface area (Å²) in [5, 5.41) is 4.49. The summed E-state index contributed by atoms with van der Waals surface area (Å²) in [4.78, 5) is 14.2. The summed E-state index contributed by atoms with van der Waals surface area (Å²) in [5.74, 6) is 0.849. The molecular weight excluding hydrogens is 352 g/mol. The van der Waals surface area contributed by atoms with Gasteiger partial charge in [0, 0.05) is 30.6 Å². The molecule has 0 spiro atoms. The molecule has 0 bridgehead atoms. The standard InChI is InChI=1S/C23H28N2O3/c1-15-9-10-20-18(12-22(26)28-23(20)16(15)2)13-24-14-21(25(3)4)17-7-6-8-19(11-17)27-5/h6-12,21,24H,13-14H2,1-5H3/t21-/m1/s1. The zero-order chi connectivity index (χ0) is 20.3. The normalized spacial score (nSPS) is 12.5. The minimum atomic E-state index is -0.310. The SMILES string of the molecule is COc1cccc([C@@H](CNCc2cc(=O)oc3c(C)c(C)ccc23)N(C)C)c1. The number of benzene rings is 2. The summed E-state index contributed by atoms with van der Waals surface area (Å²) in [6.45, 7) is 5.35. The van der Waals surface area contributed by atoms with Crippen molar-refractivity contribution in [2.75, 3.05) is 27.7 Å². The first-order chi connectivity index (χ1) is 13.4. The lowest BCUT2D eigenvalue weighted by Gasteiger charge is -2.25. The molecule has 1 heterocycles. The van der Waals surface area contributed by atoms with Gasteiger partial charge in [-0.2, -0.15) is 0 Å². The fraction of sp³-hybridized carbons (Fsp3) is 0.348. The molecular formula is C23H28N2O3. The molecule has 0 saturated heterocycles. The fourth-order valence-electron chi connectivity index (χ4n) is 3.46. The molecule has 1 N–H and O–H groups in total. The van der Waals surface area contributed by atoms with Crippen molar-refractivity contribution < 1.29 is 9.15 Å². The molecule has 2 aromatic carbocycles. The van der Waals surface area contributed by atoms with Gasteiger partial charge >= 0.3 is 5.63 Å². The van der Waals surface area contributed by atoms with E-state index in [4.69, 9.17) is 9.15 Å². The van der Waals surface area contributed by atoms with Crippen molar-refractivity contribution in [2.45, 2.75) is 26.4 Å². The van der Waals surface area contributed by atoms with E-state index in [-0.39, 0.29) is 11.7 Å². The Hall–Kier alpha value is -2.63. The summed E-state index contributed by atoms with van der Waals surface area (Å²) in [5.41, 5.74) is 4.64. The predicted octanol–water partition coefficient (Wildman–Crippen LogP) is 3.81. The molecule has 0 radical (unpaired) electrons. The monoisotopic (exact) mass is 380 g/mol. The van der Waals surface area contributed by atoms with E-state index in [2.05, 4.69) is 42.5 Å². The van der Waals surface area contributed by atoms with Gasteiger partial charge < -0.3 is 19.4 Å². The lowest BCUT2D eigenvalue weighted by molar-refractivity contribution is 0.287. The number of nitrogens with one attached hydrogen (secondary N) is 1. The molecule has 0 fully saturated rings. The van der Waals surface area contributed by atoms with Gasteiger partial charge in [-0.25, -0.2) is 4.79 Å². The smallest absolute Gasteiger partial charge is 0.336 e. The summed E-state index contributed by atoms with van der Waals surface area (Å²) in [6, 6.07) is 14.0. The van der Waals surface area contributed by atoms with Crippen molar-refractivity contribution in [1.82, 2.24) is 10.2 Å². The van der Waals surface area contributed by atoms with Gasteiger partial charge in [-0.1, -0.05) is 24.3 Å². The maximum atomic E-state index is 12.0. The van der Waals surface area contributed by atoms with Gasteiger partial charge in [0.15, 0.2) is 0 Å². The van der Waals surface area contributed by atoms with E-state index in [0.29, 0.717) is 12.1 Å². The van der Waals surface area contributed by atoms with E-state index in [9.17, 15) is 4.79 Å². The van der Waals surface area contributed by atoms with Crippen molar-refractivity contribution in [1.29, 1.82) is 0 Å². The van der Waals surface area contributed by atoms with Crippen LogP contribution >= 0.6 is 0 Å². The van der Waals surface area contributed by atoms with Gasteiger partial charge in [0.2, 0.25) is 0 Å². The Kier molecular flexibility index (Phi) is 6.17. The van der Waals surface area contributed by atoms with Crippen molar-refractivity contribution in [3.63, 3.8) is 0 Å². The average Bonchev–Trinajstić information content (AvgIpc) is 2.68. The number of nitrogens with zero attached hydrogens (tertiary/aromatic N) is 1. The van der Waals surface area contributed by atoms with Crippen LogP contribution in [0.5, 0.6) is 5.75 Å². The Morgan fingerprint density at radius 2 is 1.93 bits per heavy atom. The second-order valence-electron chi connectivity index (χ2n) is 7.36. The summed E-state index contributed by atoms with van der Waals surface area (Å²) in [7, 11) is 5.80. The van der Waals surface area contributed by atoms with E-state index in [1.165, 1.54) is 5.56 Å². The van der Waals surface area contributed by atoms with E-state index in [1.54, 1.807) is 13.2 Å². The highest BCUT2D eigenvalue weighted by Crippen LogP contribution is 2.24. The minimum absolute atomic E-state index is 0.186. The van der Waals surface area contributed by atoms with Gasteiger partial charge in [0.1, 0.15) is 11.3 Å². The molecule has 0 unspecified atom stereocenters. The number of ether oxygens (including phenoxy) is 1. The lowest BCUT2D eigenvalue weighted by Crippen LogP contribution is -2.31. The van der Waals surface area contributed by atoms with Gasteiger partial charge in [-0.3, -0.25) is 0 Å². The fourth-order valence-corrected chi connectivity index (χ4v) is 3.46. The topological polar surface area (TPSA) is 54.7 Å².